The molecule has 0 radical (unpaired) electrons. The van der Waals surface area contributed by atoms with E-state index in [4.69, 9.17) is 5.11 Å². The Morgan fingerprint density at radius 3 is 2.64 bits per heavy atom. The van der Waals surface area contributed by atoms with Gasteiger partial charge in [0.25, 0.3) is 0 Å². The minimum atomic E-state index is -0.970. The van der Waals surface area contributed by atoms with Crippen LogP contribution >= 0.6 is 0 Å². The number of halogens is 2. The number of rotatable bonds is 6. The minimum absolute atomic E-state index is 0.126. The largest absolute Gasteiger partial charge is 0.481 e. The molecule has 0 saturated heterocycles. The van der Waals surface area contributed by atoms with Crippen molar-refractivity contribution in [3.05, 3.63) is 35.4 Å². The summed E-state index contributed by atoms with van der Waals surface area (Å²) in [5.41, 5.74) is 0.222. The molecular weight excluding hydrogens is 292 g/mol. The Morgan fingerprint density at radius 1 is 1.36 bits per heavy atom. The van der Waals surface area contributed by atoms with Crippen molar-refractivity contribution in [3.63, 3.8) is 0 Å². The highest BCUT2D eigenvalue weighted by atomic mass is 19.1. The normalized spacial score (nSPS) is 20.0. The molecule has 0 aliphatic heterocycles. The zero-order chi connectivity index (χ0) is 16.4. The fraction of sp³-hybridized carbons (Fsp3) is 0.500. The van der Waals surface area contributed by atoms with E-state index in [1.807, 2.05) is 0 Å². The van der Waals surface area contributed by atoms with E-state index in [-0.39, 0.29) is 36.4 Å². The molecular formula is C16H19F2NO3. The van der Waals surface area contributed by atoms with E-state index in [2.05, 4.69) is 0 Å². The highest BCUT2D eigenvalue weighted by Gasteiger charge is 2.47. The van der Waals surface area contributed by atoms with E-state index < -0.39 is 23.5 Å². The van der Waals surface area contributed by atoms with Crippen LogP contribution in [0.1, 0.15) is 38.2 Å². The number of carboxylic acid groups (broad SMARTS) is 1. The van der Waals surface area contributed by atoms with Crippen molar-refractivity contribution in [1.29, 1.82) is 0 Å². The third-order valence-corrected chi connectivity index (χ3v) is 3.94. The van der Waals surface area contributed by atoms with Crippen LogP contribution in [0, 0.1) is 17.6 Å². The van der Waals surface area contributed by atoms with Crippen molar-refractivity contribution in [2.75, 3.05) is 6.54 Å². The molecule has 1 fully saturated rings. The van der Waals surface area contributed by atoms with Crippen LogP contribution in [0.4, 0.5) is 8.78 Å². The first-order valence-electron chi connectivity index (χ1n) is 7.28. The van der Waals surface area contributed by atoms with Crippen molar-refractivity contribution < 1.29 is 23.5 Å². The van der Waals surface area contributed by atoms with Crippen LogP contribution in [0.25, 0.3) is 0 Å². The van der Waals surface area contributed by atoms with Gasteiger partial charge in [0.1, 0.15) is 11.6 Å². The van der Waals surface area contributed by atoms with Crippen molar-refractivity contribution in [2.24, 2.45) is 5.92 Å². The van der Waals surface area contributed by atoms with Gasteiger partial charge in [-0.1, -0.05) is 0 Å². The zero-order valence-electron chi connectivity index (χ0n) is 12.6. The maximum absolute atomic E-state index is 13.7. The van der Waals surface area contributed by atoms with Gasteiger partial charge in [-0.25, -0.2) is 8.78 Å². The smallest absolute Gasteiger partial charge is 0.305 e. The third kappa shape index (κ3) is 3.61. The van der Waals surface area contributed by atoms with Crippen LogP contribution in [0.2, 0.25) is 0 Å². The Bertz CT molecular complexity index is 589. The van der Waals surface area contributed by atoms with Crippen molar-refractivity contribution in [3.8, 4) is 0 Å². The number of amides is 1. The van der Waals surface area contributed by atoms with Gasteiger partial charge in [-0.15, -0.1) is 0 Å². The molecule has 0 bridgehead atoms. The molecule has 1 aromatic carbocycles. The lowest BCUT2D eigenvalue weighted by molar-refractivity contribution is -0.139. The van der Waals surface area contributed by atoms with Crippen molar-refractivity contribution in [2.45, 2.75) is 38.6 Å². The summed E-state index contributed by atoms with van der Waals surface area (Å²) in [5.74, 6) is -2.92. The van der Waals surface area contributed by atoms with Gasteiger partial charge < -0.3 is 10.0 Å². The van der Waals surface area contributed by atoms with E-state index >= 15 is 0 Å². The van der Waals surface area contributed by atoms with Crippen LogP contribution < -0.4 is 0 Å². The van der Waals surface area contributed by atoms with Gasteiger partial charge in [0.15, 0.2) is 0 Å². The summed E-state index contributed by atoms with van der Waals surface area (Å²) in [4.78, 5) is 24.6. The average Bonchev–Trinajstić information content (AvgIpc) is 3.21. The maximum atomic E-state index is 13.7. The van der Waals surface area contributed by atoms with Gasteiger partial charge in [-0.05, 0) is 49.9 Å². The van der Waals surface area contributed by atoms with E-state index in [1.165, 1.54) is 4.90 Å². The second-order valence-corrected chi connectivity index (χ2v) is 5.88. The number of hydrogen-bond donors (Lipinski definition) is 1. The summed E-state index contributed by atoms with van der Waals surface area (Å²) in [7, 11) is 0. The number of nitrogens with zero attached hydrogens (tertiary/aromatic N) is 1. The SMILES string of the molecule is CC(C)N(CCC(=O)O)C(=O)C1CC1c1cc(F)ccc1F. The van der Waals surface area contributed by atoms with E-state index in [9.17, 15) is 18.4 Å². The number of hydrogen-bond acceptors (Lipinski definition) is 2. The molecule has 0 aromatic heterocycles. The molecule has 0 spiro atoms. The summed E-state index contributed by atoms with van der Waals surface area (Å²) in [6.45, 7) is 3.74. The Balaban J connectivity index is 2.07. The Kier molecular flexibility index (Phi) is 4.78. The van der Waals surface area contributed by atoms with Gasteiger partial charge in [0.05, 0.1) is 6.42 Å². The van der Waals surface area contributed by atoms with Gasteiger partial charge in [-0.2, -0.15) is 0 Å². The zero-order valence-corrected chi connectivity index (χ0v) is 12.6. The first-order valence-corrected chi connectivity index (χ1v) is 7.28. The minimum Gasteiger partial charge on any atom is -0.481 e. The van der Waals surface area contributed by atoms with Gasteiger partial charge >= 0.3 is 5.97 Å². The molecule has 2 unspecified atom stereocenters. The van der Waals surface area contributed by atoms with E-state index in [0.717, 1.165) is 18.2 Å². The lowest BCUT2D eigenvalue weighted by Crippen LogP contribution is -2.39. The lowest BCUT2D eigenvalue weighted by Gasteiger charge is -2.26. The molecule has 2 rings (SSSR count). The summed E-state index contributed by atoms with van der Waals surface area (Å²) < 4.78 is 27.0. The van der Waals surface area contributed by atoms with Crippen LogP contribution in [0.15, 0.2) is 18.2 Å². The molecule has 6 heteroatoms. The van der Waals surface area contributed by atoms with E-state index in [1.54, 1.807) is 13.8 Å². The quantitative estimate of drug-likeness (QED) is 0.879. The molecule has 1 amide bonds. The molecule has 22 heavy (non-hydrogen) atoms. The summed E-state index contributed by atoms with van der Waals surface area (Å²) in [6, 6.07) is 3.11. The highest BCUT2D eigenvalue weighted by molar-refractivity contribution is 5.83. The first-order chi connectivity index (χ1) is 10.3. The standard InChI is InChI=1S/C16H19F2NO3/c1-9(2)19(6-5-15(20)21)16(22)13-8-11(13)12-7-10(17)3-4-14(12)18/h3-4,7,9,11,13H,5-6,8H2,1-2H3,(H,20,21). The first kappa shape index (κ1) is 16.4. The van der Waals surface area contributed by atoms with E-state index in [0.29, 0.717) is 6.42 Å². The molecule has 120 valence electrons. The van der Waals surface area contributed by atoms with Crippen molar-refractivity contribution in [1.82, 2.24) is 4.90 Å². The summed E-state index contributed by atoms with van der Waals surface area (Å²) in [6.07, 6.45) is 0.338. The van der Waals surface area contributed by atoms with Crippen LogP contribution in [0.5, 0.6) is 0 Å². The number of carbonyl (C=O) groups excluding carboxylic acids is 1. The lowest BCUT2D eigenvalue weighted by atomic mass is 10.1. The average molecular weight is 311 g/mol. The summed E-state index contributed by atoms with van der Waals surface area (Å²) >= 11 is 0. The third-order valence-electron chi connectivity index (χ3n) is 3.94. The second kappa shape index (κ2) is 6.42. The molecule has 1 aliphatic rings. The molecule has 2 atom stereocenters. The maximum Gasteiger partial charge on any atom is 0.305 e. The topological polar surface area (TPSA) is 57.6 Å². The molecule has 1 saturated carbocycles. The Hall–Kier alpha value is -1.98. The number of aliphatic carboxylic acids is 1. The molecule has 1 N–H and O–H groups in total. The van der Waals surface area contributed by atoms with Crippen molar-refractivity contribution >= 4 is 11.9 Å². The number of carbonyl (C=O) groups is 2. The Morgan fingerprint density at radius 2 is 2.05 bits per heavy atom. The van der Waals surface area contributed by atoms with Gasteiger partial charge in [-0.3, -0.25) is 9.59 Å². The van der Waals surface area contributed by atoms with Crippen LogP contribution in [-0.4, -0.2) is 34.5 Å². The number of benzene rings is 1. The summed E-state index contributed by atoms with van der Waals surface area (Å²) in [5, 5.41) is 8.75. The fourth-order valence-corrected chi connectivity index (χ4v) is 2.66. The highest BCUT2D eigenvalue weighted by Crippen LogP contribution is 2.49. The monoisotopic (exact) mass is 311 g/mol. The molecule has 0 heterocycles. The molecule has 1 aromatic rings. The number of carboxylic acids is 1. The fourth-order valence-electron chi connectivity index (χ4n) is 2.66. The van der Waals surface area contributed by atoms with Crippen LogP contribution in [0.3, 0.4) is 0 Å². The van der Waals surface area contributed by atoms with Crippen LogP contribution in [-0.2, 0) is 9.59 Å². The second-order valence-electron chi connectivity index (χ2n) is 5.88. The predicted octanol–water partition coefficient (Wildman–Crippen LogP) is 2.78. The molecule has 1 aliphatic carbocycles. The molecule has 4 nitrogen and oxygen atoms in total. The van der Waals surface area contributed by atoms with Gasteiger partial charge in [0, 0.05) is 18.5 Å². The Labute approximate surface area is 127 Å². The van der Waals surface area contributed by atoms with Gasteiger partial charge in [0.2, 0.25) is 5.91 Å². The predicted molar refractivity (Wildman–Crippen MR) is 76.3 cm³/mol.